The number of carbonyl (C=O) groups excluding carboxylic acids is 2. The first kappa shape index (κ1) is 55.8. The van der Waals surface area contributed by atoms with Gasteiger partial charge in [0.15, 0.2) is 11.3 Å². The highest BCUT2D eigenvalue weighted by Crippen LogP contribution is 2.55. The van der Waals surface area contributed by atoms with Crippen LogP contribution in [-0.4, -0.2) is 262 Å². The third-order valence-corrected chi connectivity index (χ3v) is 17.6. The van der Waals surface area contributed by atoms with Crippen molar-refractivity contribution < 1.29 is 70.5 Å². The highest BCUT2D eigenvalue weighted by atomic mass is 16.6. The van der Waals surface area contributed by atoms with E-state index in [0.29, 0.717) is 47.7 Å². The molecule has 9 fully saturated rings. The lowest BCUT2D eigenvalue weighted by Crippen LogP contribution is -2.72. The Morgan fingerprint density at radius 3 is 1.44 bits per heavy atom. The number of hydroxylamine groups is 8. The number of amidine groups is 4. The van der Waals surface area contributed by atoms with Crippen molar-refractivity contribution in [1.29, 1.82) is 27.0 Å². The van der Waals surface area contributed by atoms with Gasteiger partial charge in [0.1, 0.15) is 36.6 Å². The molecule has 12 aliphatic heterocycles. The molecule has 26 N–H and O–H groups in total. The van der Waals surface area contributed by atoms with Crippen LogP contribution in [0.5, 0.6) is 0 Å². The largest absolute Gasteiger partial charge is 0.447 e. The zero-order valence-corrected chi connectivity index (χ0v) is 42.3. The fourth-order valence-corrected chi connectivity index (χ4v) is 14.4. The average molecular weight is 1110 g/mol. The lowest BCUT2D eigenvalue weighted by atomic mass is 9.79. The van der Waals surface area contributed by atoms with E-state index >= 15 is 0 Å². The summed E-state index contributed by atoms with van der Waals surface area (Å²) in [6.07, 6.45) is 2.88. The van der Waals surface area contributed by atoms with Crippen LogP contribution in [0.15, 0.2) is 15.0 Å². The number of rotatable bonds is 6. The van der Waals surface area contributed by atoms with E-state index in [-0.39, 0.29) is 106 Å². The molecule has 2 amide bonds. The predicted octanol–water partition coefficient (Wildman–Crippen LogP) is -6.38. The zero-order valence-electron chi connectivity index (χ0n) is 42.3. The number of hydrogen-bond acceptors (Lipinski definition) is 25. The lowest BCUT2D eigenvalue weighted by Gasteiger charge is -2.52. The van der Waals surface area contributed by atoms with Gasteiger partial charge in [-0.3, -0.25) is 47.9 Å². The van der Waals surface area contributed by atoms with Crippen molar-refractivity contribution >= 4 is 59.4 Å². The van der Waals surface area contributed by atoms with Gasteiger partial charge < -0.3 is 93.7 Å². The van der Waals surface area contributed by atoms with Gasteiger partial charge in [-0.1, -0.05) is 0 Å². The summed E-state index contributed by atoms with van der Waals surface area (Å²) in [7, 11) is 0. The number of ether oxygens (including phenoxy) is 2. The molecule has 0 aromatic heterocycles. The Bertz CT molecular complexity index is 2600. The monoisotopic (exact) mass is 1110 g/mol. The number of nitrogens with two attached hydrogens (primary N) is 5. The van der Waals surface area contributed by atoms with Gasteiger partial charge in [-0.25, -0.2) is 44.8 Å². The van der Waals surface area contributed by atoms with Crippen molar-refractivity contribution in [3.63, 3.8) is 0 Å². The molecular formula is C42H70N22O14. The van der Waals surface area contributed by atoms with Crippen LogP contribution in [-0.2, 0) is 9.47 Å². The maximum Gasteiger partial charge on any atom is 0.404 e. The Morgan fingerprint density at radius 2 is 0.936 bits per heavy atom. The summed E-state index contributed by atoms with van der Waals surface area (Å²) >= 11 is 0. The molecule has 36 heteroatoms. The number of primary amides is 2. The normalized spacial score (nSPS) is 37.9. The second-order valence-electron chi connectivity index (χ2n) is 21.4. The number of hydrogen-bond donors (Lipinski definition) is 21. The number of carbonyl (C=O) groups is 2. The molecule has 432 valence electrons. The first-order valence-corrected chi connectivity index (χ1v) is 25.3. The summed E-state index contributed by atoms with van der Waals surface area (Å²) in [5.41, 5.74) is 23.2. The van der Waals surface area contributed by atoms with Crippen LogP contribution in [0.1, 0.15) is 64.2 Å². The standard InChI is InChI=1S/C11H18N6O5.C11H18N6O3.C10H17N5O4.C10H17N5O2/c12-7-3-5-6(4-22-9(14)18)17(21)8(13)16-2-1-10(19,20)11(5,16)15-7;12-8-4-6-7(5-20-10(14)18)17(19)9(13)16-3-1-2-11(6,16)15-8;11-7-3-5-6(4-16)15(19)8(12)14-2-1-9(17,18)10(5,14)13-7;11-8-4-6-7(5-16)15(17)9(12)14-3-1-2-10(6,14)13-8/h5-6,13,19-21H,1-4H2,(H2,12,15)(H2,14,18);6-7,13,19H,1-5H2,(H2,12,15)(H2,14,18);5-6,12,16-19H,1-4H2,(H2,11,13);6-7,12,16-17H,1-5H2,(H2,11,13)/t5-,6?,11?;6-,7?,11?;5-,6?,10?;6-,7?,10?/m0000/s1. The fourth-order valence-electron chi connectivity index (χ4n) is 14.4. The molecular weight excluding hydrogens is 1040 g/mol. The number of aliphatic imine (C=N–C) groups is 3. The molecule has 78 heavy (non-hydrogen) atoms. The third kappa shape index (κ3) is 8.08. The van der Waals surface area contributed by atoms with Gasteiger partial charge in [0, 0.05) is 88.4 Å². The molecule has 4 spiro atoms. The van der Waals surface area contributed by atoms with Crippen LogP contribution in [0, 0.1) is 50.7 Å². The number of nitrogens with one attached hydrogen (secondary N) is 6. The number of nitrogens with zero attached hydrogens (tertiary/aromatic N) is 11. The topological polar surface area (TPSA) is 579 Å². The zero-order chi connectivity index (χ0) is 57.0. The number of aliphatic hydroxyl groups is 6. The van der Waals surface area contributed by atoms with E-state index in [0.717, 1.165) is 35.8 Å². The maximum atomic E-state index is 10.8. The fraction of sp³-hybridized carbons (Fsp3) is 0.762. The van der Waals surface area contributed by atoms with Crippen LogP contribution in [0.3, 0.4) is 0 Å². The number of guanidine groups is 4. The van der Waals surface area contributed by atoms with Crippen molar-refractivity contribution in [3.8, 4) is 0 Å². The van der Waals surface area contributed by atoms with E-state index in [2.05, 4.69) is 20.3 Å². The SMILES string of the molecule is N=C1C[C@H]2C(CO)N(O)C(=N)N3CCCC23N1.N=C1N(O)C(CO)[C@@H]2CC(N)=NC23N1CCC3(O)O.N=C1N(O)C(COC(N)=O)[C@@H]2CC(N)=NC23CCCN13.N=C1N(O)C(COC(N)=O)[C@@H]2CC(N)=NC23N1CCC3(O)O. The van der Waals surface area contributed by atoms with Crippen molar-refractivity contribution in [2.24, 2.45) is 67.3 Å². The van der Waals surface area contributed by atoms with Crippen LogP contribution in [0.25, 0.3) is 0 Å². The van der Waals surface area contributed by atoms with Crippen LogP contribution < -0.4 is 34.0 Å². The first-order valence-electron chi connectivity index (χ1n) is 25.3. The van der Waals surface area contributed by atoms with Gasteiger partial charge in [0.05, 0.1) is 48.6 Å². The van der Waals surface area contributed by atoms with Crippen molar-refractivity contribution in [2.75, 3.05) is 52.6 Å². The summed E-state index contributed by atoms with van der Waals surface area (Å²) in [5.74, 6) is -5.11. The quantitative estimate of drug-likeness (QED) is 0.110. The summed E-state index contributed by atoms with van der Waals surface area (Å²) in [5, 5.41) is 146. The summed E-state index contributed by atoms with van der Waals surface area (Å²) in [6, 6.07) is -2.82. The van der Waals surface area contributed by atoms with Crippen LogP contribution in [0.4, 0.5) is 9.59 Å². The van der Waals surface area contributed by atoms with E-state index in [1.165, 1.54) is 9.80 Å². The molecule has 0 bridgehead atoms. The molecule has 12 atom stereocenters. The molecule has 0 aliphatic carbocycles. The van der Waals surface area contributed by atoms with Gasteiger partial charge in [0.25, 0.3) is 0 Å². The van der Waals surface area contributed by atoms with E-state index in [1.807, 2.05) is 4.90 Å². The van der Waals surface area contributed by atoms with Crippen molar-refractivity contribution in [3.05, 3.63) is 0 Å². The average Bonchev–Trinajstić information content (AvgIpc) is 4.45. The summed E-state index contributed by atoms with van der Waals surface area (Å²) in [6.45, 7) is 0.627. The minimum atomic E-state index is -2.21. The Kier molecular flexibility index (Phi) is 13.9. The molecule has 0 saturated carbocycles. The second kappa shape index (κ2) is 19.5. The molecule has 8 unspecified atom stereocenters. The van der Waals surface area contributed by atoms with E-state index in [1.54, 1.807) is 4.90 Å². The van der Waals surface area contributed by atoms with E-state index < -0.39 is 89.0 Å². The molecule has 9 saturated heterocycles. The maximum absolute atomic E-state index is 10.8. The minimum Gasteiger partial charge on any atom is -0.447 e. The van der Waals surface area contributed by atoms with Gasteiger partial charge in [-0.15, -0.1) is 0 Å². The highest BCUT2D eigenvalue weighted by Gasteiger charge is 2.73. The van der Waals surface area contributed by atoms with E-state index in [9.17, 15) is 61.1 Å². The number of amides is 2. The molecule has 12 heterocycles. The Morgan fingerprint density at radius 1 is 0.538 bits per heavy atom. The minimum absolute atomic E-state index is 0.00531. The molecule has 12 rings (SSSR count). The molecule has 0 radical (unpaired) electrons. The smallest absolute Gasteiger partial charge is 0.404 e. The molecule has 12 aliphatic rings. The van der Waals surface area contributed by atoms with Gasteiger partial charge >= 0.3 is 12.2 Å². The predicted molar refractivity (Wildman–Crippen MR) is 264 cm³/mol. The van der Waals surface area contributed by atoms with Crippen LogP contribution in [0.2, 0.25) is 0 Å². The van der Waals surface area contributed by atoms with Gasteiger partial charge in [-0.05, 0) is 25.7 Å². The Hall–Kier alpha value is -6.90. The van der Waals surface area contributed by atoms with E-state index in [4.69, 9.17) is 65.2 Å². The summed E-state index contributed by atoms with van der Waals surface area (Å²) in [4.78, 5) is 40.8. The third-order valence-electron chi connectivity index (χ3n) is 17.6. The Labute approximate surface area is 443 Å². The highest BCUT2D eigenvalue weighted by molar-refractivity contribution is 5.90. The first-order chi connectivity index (χ1) is 36.6. The lowest BCUT2D eigenvalue weighted by molar-refractivity contribution is -0.248. The summed E-state index contributed by atoms with van der Waals surface area (Å²) < 4.78 is 9.54. The molecule has 0 aromatic carbocycles. The van der Waals surface area contributed by atoms with Crippen molar-refractivity contribution in [2.45, 2.75) is 123 Å². The van der Waals surface area contributed by atoms with Crippen molar-refractivity contribution in [1.82, 2.24) is 45.2 Å². The molecule has 36 nitrogen and oxygen atoms in total. The molecule has 0 aromatic rings. The Balaban J connectivity index is 0.000000127. The van der Waals surface area contributed by atoms with Gasteiger partial charge in [-0.2, -0.15) is 0 Å². The van der Waals surface area contributed by atoms with Gasteiger partial charge in [0.2, 0.25) is 35.4 Å². The second-order valence-corrected chi connectivity index (χ2v) is 21.4. The number of aliphatic hydroxyl groups excluding tert-OH is 2. The van der Waals surface area contributed by atoms with Crippen LogP contribution >= 0.6 is 0 Å².